The molecule has 0 aromatic carbocycles. The molecular formula is C12H21NO2. The molecule has 15 heavy (non-hydrogen) atoms. The van der Waals surface area contributed by atoms with E-state index in [2.05, 4.69) is 5.32 Å². The monoisotopic (exact) mass is 211 g/mol. The summed E-state index contributed by atoms with van der Waals surface area (Å²) in [7, 11) is 0. The van der Waals surface area contributed by atoms with E-state index in [0.717, 1.165) is 32.2 Å². The predicted molar refractivity (Wildman–Crippen MR) is 58.6 cm³/mol. The van der Waals surface area contributed by atoms with Gasteiger partial charge in [0, 0.05) is 0 Å². The summed E-state index contributed by atoms with van der Waals surface area (Å²) in [5, 5.41) is 3.19. The number of nitrogens with one attached hydrogen (secondary N) is 1. The van der Waals surface area contributed by atoms with Crippen molar-refractivity contribution in [1.82, 2.24) is 5.32 Å². The summed E-state index contributed by atoms with van der Waals surface area (Å²) in [4.78, 5) is 11.7. The van der Waals surface area contributed by atoms with Crippen molar-refractivity contribution in [2.24, 2.45) is 0 Å². The van der Waals surface area contributed by atoms with E-state index in [1.807, 2.05) is 0 Å². The Hall–Kier alpha value is -0.570. The molecule has 2 rings (SSSR count). The third-order valence-corrected chi connectivity index (χ3v) is 3.43. The second kappa shape index (κ2) is 5.50. The van der Waals surface area contributed by atoms with Gasteiger partial charge in [0.15, 0.2) is 0 Å². The highest BCUT2D eigenvalue weighted by Crippen LogP contribution is 2.21. The maximum absolute atomic E-state index is 11.7. The first-order valence-electron chi connectivity index (χ1n) is 6.30. The topological polar surface area (TPSA) is 38.3 Å². The van der Waals surface area contributed by atoms with Crippen molar-refractivity contribution in [3.8, 4) is 0 Å². The van der Waals surface area contributed by atoms with E-state index in [-0.39, 0.29) is 18.1 Å². The molecular weight excluding hydrogens is 190 g/mol. The molecule has 1 heterocycles. The van der Waals surface area contributed by atoms with Crippen LogP contribution in [0.3, 0.4) is 0 Å². The molecule has 3 nitrogen and oxygen atoms in total. The molecule has 1 saturated carbocycles. The fourth-order valence-electron chi connectivity index (χ4n) is 2.49. The molecule has 1 saturated heterocycles. The van der Waals surface area contributed by atoms with Crippen molar-refractivity contribution in [3.05, 3.63) is 0 Å². The van der Waals surface area contributed by atoms with E-state index in [4.69, 9.17) is 4.74 Å². The molecule has 1 aliphatic carbocycles. The van der Waals surface area contributed by atoms with Crippen LogP contribution in [0.4, 0.5) is 0 Å². The summed E-state index contributed by atoms with van der Waals surface area (Å²) in [6.45, 7) is 0.963. The second-order valence-electron chi connectivity index (χ2n) is 4.70. The summed E-state index contributed by atoms with van der Waals surface area (Å²) in [5.74, 6) is -0.0144. The van der Waals surface area contributed by atoms with Crippen LogP contribution in [0.5, 0.6) is 0 Å². The molecule has 1 aliphatic heterocycles. The third kappa shape index (κ3) is 3.20. The Morgan fingerprint density at radius 1 is 1.00 bits per heavy atom. The van der Waals surface area contributed by atoms with Crippen molar-refractivity contribution < 1.29 is 9.53 Å². The number of hydrogen-bond donors (Lipinski definition) is 1. The van der Waals surface area contributed by atoms with Gasteiger partial charge >= 0.3 is 5.97 Å². The Labute approximate surface area is 91.6 Å². The first kappa shape index (κ1) is 10.9. The minimum absolute atomic E-state index is 0.0144. The van der Waals surface area contributed by atoms with Crippen LogP contribution in [0, 0.1) is 0 Å². The number of hydrogen-bond acceptors (Lipinski definition) is 3. The lowest BCUT2D eigenvalue weighted by molar-refractivity contribution is -0.151. The van der Waals surface area contributed by atoms with Gasteiger partial charge in [0.25, 0.3) is 0 Å². The molecule has 0 bridgehead atoms. The Bertz CT molecular complexity index is 204. The van der Waals surface area contributed by atoms with Crippen molar-refractivity contribution in [1.29, 1.82) is 0 Å². The molecule has 1 N–H and O–H groups in total. The minimum Gasteiger partial charge on any atom is -0.461 e. The number of ether oxygens (including phenoxy) is 1. The lowest BCUT2D eigenvalue weighted by Gasteiger charge is -2.18. The lowest BCUT2D eigenvalue weighted by atomic mass is 10.1. The van der Waals surface area contributed by atoms with Gasteiger partial charge in [-0.25, -0.2) is 0 Å². The van der Waals surface area contributed by atoms with Gasteiger partial charge in [-0.3, -0.25) is 4.79 Å². The Balaban J connectivity index is 1.76. The van der Waals surface area contributed by atoms with Crippen LogP contribution in [0.2, 0.25) is 0 Å². The number of esters is 1. The fourth-order valence-corrected chi connectivity index (χ4v) is 2.49. The SMILES string of the molecule is O=C(OC1CCCCCC1)[C@H]1CCCN1. The molecule has 86 valence electrons. The molecule has 1 atom stereocenters. The van der Waals surface area contributed by atoms with Gasteiger partial charge in [-0.1, -0.05) is 12.8 Å². The van der Waals surface area contributed by atoms with Crippen LogP contribution in [0.25, 0.3) is 0 Å². The molecule has 0 spiro atoms. The molecule has 3 heteroatoms. The molecule has 2 aliphatic rings. The Morgan fingerprint density at radius 2 is 1.73 bits per heavy atom. The Kier molecular flexibility index (Phi) is 4.01. The van der Waals surface area contributed by atoms with Crippen LogP contribution >= 0.6 is 0 Å². The van der Waals surface area contributed by atoms with E-state index < -0.39 is 0 Å². The number of rotatable bonds is 2. The van der Waals surface area contributed by atoms with Gasteiger partial charge < -0.3 is 10.1 Å². The standard InChI is InChI=1S/C12H21NO2/c14-12(11-8-5-9-13-11)15-10-6-3-1-2-4-7-10/h10-11,13H,1-9H2/t11-/m1/s1. The first-order chi connectivity index (χ1) is 7.36. The average Bonchev–Trinajstić information content (AvgIpc) is 2.65. The quantitative estimate of drug-likeness (QED) is 0.561. The molecule has 0 aromatic rings. The van der Waals surface area contributed by atoms with E-state index in [1.54, 1.807) is 0 Å². The van der Waals surface area contributed by atoms with Crippen molar-refractivity contribution in [3.63, 3.8) is 0 Å². The van der Waals surface area contributed by atoms with E-state index >= 15 is 0 Å². The molecule has 0 amide bonds. The largest absolute Gasteiger partial charge is 0.461 e. The van der Waals surface area contributed by atoms with Crippen molar-refractivity contribution >= 4 is 5.97 Å². The van der Waals surface area contributed by atoms with E-state index in [0.29, 0.717) is 0 Å². The summed E-state index contributed by atoms with van der Waals surface area (Å²) in [6, 6.07) is -0.0201. The number of carbonyl (C=O) groups is 1. The van der Waals surface area contributed by atoms with Crippen LogP contribution in [-0.2, 0) is 9.53 Å². The van der Waals surface area contributed by atoms with Gasteiger partial charge in [-0.05, 0) is 45.1 Å². The zero-order valence-corrected chi connectivity index (χ0v) is 9.34. The first-order valence-corrected chi connectivity index (χ1v) is 6.30. The van der Waals surface area contributed by atoms with Gasteiger partial charge in [0.2, 0.25) is 0 Å². The number of carbonyl (C=O) groups excluding carboxylic acids is 1. The highest BCUT2D eigenvalue weighted by molar-refractivity contribution is 5.76. The van der Waals surface area contributed by atoms with Crippen LogP contribution in [0.15, 0.2) is 0 Å². The highest BCUT2D eigenvalue weighted by Gasteiger charge is 2.26. The normalized spacial score (nSPS) is 28.7. The van der Waals surface area contributed by atoms with Crippen LogP contribution in [0.1, 0.15) is 51.4 Å². The van der Waals surface area contributed by atoms with Crippen molar-refractivity contribution in [2.45, 2.75) is 63.5 Å². The summed E-state index contributed by atoms with van der Waals surface area (Å²) >= 11 is 0. The van der Waals surface area contributed by atoms with E-state index in [1.165, 1.54) is 25.7 Å². The molecule has 0 aromatic heterocycles. The minimum atomic E-state index is -0.0201. The third-order valence-electron chi connectivity index (χ3n) is 3.43. The zero-order valence-electron chi connectivity index (χ0n) is 9.34. The smallest absolute Gasteiger partial charge is 0.323 e. The molecule has 0 radical (unpaired) electrons. The van der Waals surface area contributed by atoms with Gasteiger partial charge in [0.1, 0.15) is 12.1 Å². The van der Waals surface area contributed by atoms with Gasteiger partial charge in [-0.2, -0.15) is 0 Å². The second-order valence-corrected chi connectivity index (χ2v) is 4.70. The zero-order chi connectivity index (χ0) is 10.5. The lowest BCUT2D eigenvalue weighted by Crippen LogP contribution is -2.34. The predicted octanol–water partition coefficient (Wildman–Crippen LogP) is 2.00. The summed E-state index contributed by atoms with van der Waals surface area (Å²) < 4.78 is 5.55. The summed E-state index contributed by atoms with van der Waals surface area (Å²) in [5.41, 5.74) is 0. The van der Waals surface area contributed by atoms with Crippen LogP contribution < -0.4 is 5.32 Å². The van der Waals surface area contributed by atoms with Crippen LogP contribution in [-0.4, -0.2) is 24.7 Å². The van der Waals surface area contributed by atoms with Gasteiger partial charge in [-0.15, -0.1) is 0 Å². The maximum atomic E-state index is 11.7. The summed E-state index contributed by atoms with van der Waals surface area (Å²) in [6.07, 6.45) is 9.42. The van der Waals surface area contributed by atoms with E-state index in [9.17, 15) is 4.79 Å². The fraction of sp³-hybridized carbons (Fsp3) is 0.917. The Morgan fingerprint density at radius 3 is 2.33 bits per heavy atom. The molecule has 2 fully saturated rings. The average molecular weight is 211 g/mol. The maximum Gasteiger partial charge on any atom is 0.323 e. The highest BCUT2D eigenvalue weighted by atomic mass is 16.5. The van der Waals surface area contributed by atoms with Gasteiger partial charge in [0.05, 0.1) is 0 Å². The van der Waals surface area contributed by atoms with Crippen molar-refractivity contribution in [2.75, 3.05) is 6.54 Å². The molecule has 0 unspecified atom stereocenters.